The summed E-state index contributed by atoms with van der Waals surface area (Å²) in [5.41, 5.74) is 0. The molecule has 1 unspecified atom stereocenters. The SMILES string of the molecule is Cc1nnc(NC(=O)CS(=O)CCCC(=O)O)s1. The van der Waals surface area contributed by atoms with Crippen LogP contribution < -0.4 is 5.32 Å². The second kappa shape index (κ2) is 7.17. The van der Waals surface area contributed by atoms with Crippen LogP contribution in [0.4, 0.5) is 5.13 Å². The molecule has 18 heavy (non-hydrogen) atoms. The second-order valence-corrected chi connectivity index (χ2v) is 6.22. The molecule has 1 aromatic heterocycles. The number of amides is 1. The zero-order valence-corrected chi connectivity index (χ0v) is 11.3. The minimum Gasteiger partial charge on any atom is -0.481 e. The maximum absolute atomic E-state index is 11.5. The number of nitrogens with zero attached hydrogens (tertiary/aromatic N) is 2. The summed E-state index contributed by atoms with van der Waals surface area (Å²) in [7, 11) is -1.35. The summed E-state index contributed by atoms with van der Waals surface area (Å²) in [4.78, 5) is 21.7. The molecule has 1 aromatic rings. The van der Waals surface area contributed by atoms with E-state index in [4.69, 9.17) is 5.11 Å². The molecule has 2 N–H and O–H groups in total. The fourth-order valence-electron chi connectivity index (χ4n) is 1.11. The highest BCUT2D eigenvalue weighted by atomic mass is 32.2. The van der Waals surface area contributed by atoms with Gasteiger partial charge < -0.3 is 5.11 Å². The Bertz CT molecular complexity index is 460. The van der Waals surface area contributed by atoms with Gasteiger partial charge in [-0.2, -0.15) is 0 Å². The number of aliphatic carboxylic acids is 1. The third-order valence-corrected chi connectivity index (χ3v) is 3.91. The van der Waals surface area contributed by atoms with E-state index in [1.807, 2.05) is 0 Å². The monoisotopic (exact) mass is 291 g/mol. The Kier molecular flexibility index (Phi) is 5.86. The fourth-order valence-corrected chi connectivity index (χ4v) is 2.69. The van der Waals surface area contributed by atoms with E-state index in [0.29, 0.717) is 11.6 Å². The van der Waals surface area contributed by atoms with E-state index in [0.717, 1.165) is 5.01 Å². The maximum atomic E-state index is 11.5. The number of hydrogen-bond acceptors (Lipinski definition) is 6. The van der Waals surface area contributed by atoms with E-state index in [2.05, 4.69) is 15.5 Å². The van der Waals surface area contributed by atoms with Gasteiger partial charge in [0.15, 0.2) is 0 Å². The number of rotatable bonds is 7. The highest BCUT2D eigenvalue weighted by Crippen LogP contribution is 2.13. The van der Waals surface area contributed by atoms with Crippen LogP contribution in [-0.2, 0) is 20.4 Å². The number of anilines is 1. The first-order valence-electron chi connectivity index (χ1n) is 5.14. The van der Waals surface area contributed by atoms with E-state index in [-0.39, 0.29) is 17.9 Å². The van der Waals surface area contributed by atoms with Gasteiger partial charge in [0, 0.05) is 23.0 Å². The Balaban J connectivity index is 2.27. The van der Waals surface area contributed by atoms with Crippen molar-refractivity contribution in [2.45, 2.75) is 19.8 Å². The Morgan fingerprint density at radius 3 is 2.72 bits per heavy atom. The van der Waals surface area contributed by atoms with Crippen LogP contribution in [0.1, 0.15) is 17.8 Å². The quantitative estimate of drug-likeness (QED) is 0.752. The standard InChI is InChI=1S/C9H13N3O4S2/c1-6-11-12-9(17-6)10-7(13)5-18(16)4-2-3-8(14)15/h2-5H2,1H3,(H,14,15)(H,10,12,13). The van der Waals surface area contributed by atoms with E-state index < -0.39 is 22.7 Å². The lowest BCUT2D eigenvalue weighted by atomic mass is 10.3. The number of aromatic nitrogens is 2. The number of carbonyl (C=O) groups is 2. The molecule has 100 valence electrons. The molecule has 0 spiro atoms. The molecule has 0 fully saturated rings. The van der Waals surface area contributed by atoms with Gasteiger partial charge in [0.05, 0.1) is 0 Å². The molecule has 9 heteroatoms. The number of carboxylic acid groups (broad SMARTS) is 1. The van der Waals surface area contributed by atoms with Gasteiger partial charge in [-0.05, 0) is 13.3 Å². The van der Waals surface area contributed by atoms with Crippen LogP contribution in [0.15, 0.2) is 0 Å². The first kappa shape index (κ1) is 14.7. The molecule has 1 atom stereocenters. The van der Waals surface area contributed by atoms with Crippen LogP contribution in [0.25, 0.3) is 0 Å². The zero-order valence-electron chi connectivity index (χ0n) is 9.71. The van der Waals surface area contributed by atoms with E-state index in [1.54, 1.807) is 6.92 Å². The average Bonchev–Trinajstić information content (AvgIpc) is 2.62. The summed E-state index contributed by atoms with van der Waals surface area (Å²) >= 11 is 1.23. The van der Waals surface area contributed by atoms with Crippen molar-refractivity contribution in [3.63, 3.8) is 0 Å². The predicted molar refractivity (Wildman–Crippen MR) is 68.0 cm³/mol. The van der Waals surface area contributed by atoms with Crippen molar-refractivity contribution in [3.8, 4) is 0 Å². The van der Waals surface area contributed by atoms with Gasteiger partial charge in [0.2, 0.25) is 11.0 Å². The summed E-state index contributed by atoms with van der Waals surface area (Å²) in [5, 5.41) is 19.4. The summed E-state index contributed by atoms with van der Waals surface area (Å²) in [6.07, 6.45) is 0.260. The molecule has 0 radical (unpaired) electrons. The average molecular weight is 291 g/mol. The van der Waals surface area contributed by atoms with Crippen LogP contribution in [0.5, 0.6) is 0 Å². The molecule has 0 aliphatic rings. The van der Waals surface area contributed by atoms with Crippen LogP contribution in [0.3, 0.4) is 0 Å². The van der Waals surface area contributed by atoms with Crippen molar-refractivity contribution in [3.05, 3.63) is 5.01 Å². The topological polar surface area (TPSA) is 109 Å². The summed E-state index contributed by atoms with van der Waals surface area (Å²) in [5.74, 6) is -1.28. The molecule has 0 aliphatic heterocycles. The highest BCUT2D eigenvalue weighted by molar-refractivity contribution is 7.85. The van der Waals surface area contributed by atoms with Gasteiger partial charge in [-0.1, -0.05) is 11.3 Å². The van der Waals surface area contributed by atoms with Crippen molar-refractivity contribution in [2.24, 2.45) is 0 Å². The Morgan fingerprint density at radius 2 is 2.17 bits per heavy atom. The molecule has 0 saturated heterocycles. The number of carboxylic acids is 1. The minimum absolute atomic E-state index is 0.0387. The Morgan fingerprint density at radius 1 is 1.44 bits per heavy atom. The summed E-state index contributed by atoms with van der Waals surface area (Å²) in [6.45, 7) is 1.76. The number of hydrogen-bond donors (Lipinski definition) is 2. The molecule has 1 rings (SSSR count). The lowest BCUT2D eigenvalue weighted by molar-refractivity contribution is -0.137. The van der Waals surface area contributed by atoms with Crippen LogP contribution in [0.2, 0.25) is 0 Å². The van der Waals surface area contributed by atoms with Crippen LogP contribution >= 0.6 is 11.3 Å². The number of aryl methyl sites for hydroxylation is 1. The van der Waals surface area contributed by atoms with Crippen molar-refractivity contribution >= 4 is 39.1 Å². The Labute approximate surface area is 110 Å². The van der Waals surface area contributed by atoms with Crippen molar-refractivity contribution in [2.75, 3.05) is 16.8 Å². The first-order valence-corrected chi connectivity index (χ1v) is 7.44. The van der Waals surface area contributed by atoms with Crippen LogP contribution in [0, 0.1) is 6.92 Å². The normalized spacial score (nSPS) is 12.1. The molecule has 0 saturated carbocycles. The van der Waals surface area contributed by atoms with Gasteiger partial charge in [0.1, 0.15) is 10.8 Å². The summed E-state index contributed by atoms with van der Waals surface area (Å²) < 4.78 is 11.5. The zero-order chi connectivity index (χ0) is 13.5. The molecule has 0 bridgehead atoms. The minimum atomic E-state index is -1.35. The molecule has 0 aliphatic carbocycles. The second-order valence-electron chi connectivity index (χ2n) is 3.46. The van der Waals surface area contributed by atoms with E-state index in [9.17, 15) is 13.8 Å². The number of nitrogens with one attached hydrogen (secondary N) is 1. The third-order valence-electron chi connectivity index (χ3n) is 1.83. The highest BCUT2D eigenvalue weighted by Gasteiger charge is 2.11. The maximum Gasteiger partial charge on any atom is 0.303 e. The largest absolute Gasteiger partial charge is 0.481 e. The van der Waals surface area contributed by atoms with E-state index in [1.165, 1.54) is 11.3 Å². The first-order chi connectivity index (χ1) is 8.47. The fraction of sp³-hybridized carbons (Fsp3) is 0.556. The van der Waals surface area contributed by atoms with Gasteiger partial charge in [-0.25, -0.2) is 0 Å². The van der Waals surface area contributed by atoms with Gasteiger partial charge in [0.25, 0.3) is 0 Å². The third kappa shape index (κ3) is 5.82. The molecule has 7 nitrogen and oxygen atoms in total. The molecular weight excluding hydrogens is 278 g/mol. The van der Waals surface area contributed by atoms with Crippen molar-refractivity contribution in [1.82, 2.24) is 10.2 Å². The Hall–Kier alpha value is -1.35. The van der Waals surface area contributed by atoms with E-state index >= 15 is 0 Å². The van der Waals surface area contributed by atoms with Gasteiger partial charge in [-0.3, -0.25) is 19.1 Å². The molecule has 1 amide bonds. The molecule has 0 aromatic carbocycles. The lowest BCUT2D eigenvalue weighted by Crippen LogP contribution is -2.21. The molecule has 1 heterocycles. The molecular formula is C9H13N3O4S2. The van der Waals surface area contributed by atoms with Gasteiger partial charge >= 0.3 is 5.97 Å². The number of carbonyl (C=O) groups excluding carboxylic acids is 1. The smallest absolute Gasteiger partial charge is 0.303 e. The van der Waals surface area contributed by atoms with Crippen LogP contribution in [-0.4, -0.2) is 42.9 Å². The summed E-state index contributed by atoms with van der Waals surface area (Å²) in [6, 6.07) is 0. The lowest BCUT2D eigenvalue weighted by Gasteiger charge is -2.01. The van der Waals surface area contributed by atoms with Crippen molar-refractivity contribution < 1.29 is 18.9 Å². The van der Waals surface area contributed by atoms with Crippen molar-refractivity contribution in [1.29, 1.82) is 0 Å². The van der Waals surface area contributed by atoms with Gasteiger partial charge in [-0.15, -0.1) is 10.2 Å². The predicted octanol–water partition coefficient (Wildman–Crippen LogP) is 0.399.